The highest BCUT2D eigenvalue weighted by molar-refractivity contribution is 6.55. The van der Waals surface area contributed by atoms with E-state index in [-0.39, 0.29) is 8.80 Å². The fourth-order valence-electron chi connectivity index (χ4n) is 1.51. The Morgan fingerprint density at radius 1 is 1.07 bits per heavy atom. The van der Waals surface area contributed by atoms with Crippen molar-refractivity contribution in [1.82, 2.24) is 0 Å². The Labute approximate surface area is 93.9 Å². The van der Waals surface area contributed by atoms with Crippen molar-refractivity contribution in [3.8, 4) is 0 Å². The average molecular weight is 227 g/mol. The molecule has 1 aromatic rings. The Bertz CT molecular complexity index is 254. The van der Waals surface area contributed by atoms with Gasteiger partial charge in [0.25, 0.3) is 0 Å². The summed E-state index contributed by atoms with van der Waals surface area (Å²) in [5, 5.41) is 0. The minimum absolute atomic E-state index is 0.349. The number of rotatable bonds is 5. The van der Waals surface area contributed by atoms with Gasteiger partial charge in [0.15, 0.2) is 0 Å². The third-order valence-electron chi connectivity index (χ3n) is 2.42. The SMILES string of the molecule is C[SiH](C)CCCc1ccc(CCl)cc1. The van der Waals surface area contributed by atoms with E-state index >= 15 is 0 Å². The lowest BCUT2D eigenvalue weighted by Gasteiger charge is -2.04. The van der Waals surface area contributed by atoms with E-state index in [1.54, 1.807) is 0 Å². The van der Waals surface area contributed by atoms with Gasteiger partial charge in [-0.05, 0) is 17.5 Å². The molecule has 0 saturated heterocycles. The van der Waals surface area contributed by atoms with Crippen LogP contribution in [0.5, 0.6) is 0 Å². The molecule has 0 nitrogen and oxygen atoms in total. The molecular formula is C12H19ClSi. The van der Waals surface area contributed by atoms with E-state index in [0.29, 0.717) is 5.88 Å². The van der Waals surface area contributed by atoms with Crippen molar-refractivity contribution in [2.75, 3.05) is 0 Å². The highest BCUT2D eigenvalue weighted by atomic mass is 35.5. The van der Waals surface area contributed by atoms with Gasteiger partial charge in [-0.2, -0.15) is 0 Å². The molecule has 14 heavy (non-hydrogen) atoms. The molecule has 0 spiro atoms. The van der Waals surface area contributed by atoms with Crippen LogP contribution in [-0.2, 0) is 12.3 Å². The van der Waals surface area contributed by atoms with Gasteiger partial charge in [0.1, 0.15) is 0 Å². The van der Waals surface area contributed by atoms with Crippen molar-refractivity contribution < 1.29 is 0 Å². The topological polar surface area (TPSA) is 0 Å². The summed E-state index contributed by atoms with van der Waals surface area (Å²) >= 11 is 5.73. The van der Waals surface area contributed by atoms with E-state index in [2.05, 4.69) is 37.4 Å². The molecule has 0 bridgehead atoms. The van der Waals surface area contributed by atoms with Crippen molar-refractivity contribution in [2.24, 2.45) is 0 Å². The van der Waals surface area contributed by atoms with Gasteiger partial charge in [-0.1, -0.05) is 49.8 Å². The third-order valence-corrected chi connectivity index (χ3v) is 4.30. The Kier molecular flexibility index (Phi) is 5.27. The van der Waals surface area contributed by atoms with Gasteiger partial charge >= 0.3 is 0 Å². The normalized spacial score (nSPS) is 10.9. The monoisotopic (exact) mass is 226 g/mol. The summed E-state index contributed by atoms with van der Waals surface area (Å²) in [6, 6.07) is 10.1. The molecule has 78 valence electrons. The molecule has 1 aromatic carbocycles. The fourth-order valence-corrected chi connectivity index (χ4v) is 2.71. The molecule has 0 amide bonds. The van der Waals surface area contributed by atoms with Crippen LogP contribution in [-0.4, -0.2) is 8.80 Å². The number of alkyl halides is 1. The van der Waals surface area contributed by atoms with Gasteiger partial charge in [0.05, 0.1) is 0 Å². The van der Waals surface area contributed by atoms with Crippen molar-refractivity contribution in [1.29, 1.82) is 0 Å². The van der Waals surface area contributed by atoms with Crippen LogP contribution in [0.2, 0.25) is 19.1 Å². The minimum atomic E-state index is -0.349. The second-order valence-electron chi connectivity index (χ2n) is 4.24. The number of aryl methyl sites for hydroxylation is 1. The van der Waals surface area contributed by atoms with Gasteiger partial charge < -0.3 is 0 Å². The first kappa shape index (κ1) is 11.8. The summed E-state index contributed by atoms with van der Waals surface area (Å²) in [4.78, 5) is 0. The Balaban J connectivity index is 2.36. The number of benzene rings is 1. The Morgan fingerprint density at radius 2 is 1.64 bits per heavy atom. The lowest BCUT2D eigenvalue weighted by Crippen LogP contribution is -1.99. The first-order valence-electron chi connectivity index (χ1n) is 5.36. The standard InChI is InChI=1S/C12H19ClSi/c1-14(2)9-3-4-11-5-7-12(10-13)8-6-11/h5-8,14H,3-4,9-10H2,1-2H3. The minimum Gasteiger partial charge on any atom is -0.122 e. The van der Waals surface area contributed by atoms with Gasteiger partial charge in [-0.15, -0.1) is 11.6 Å². The molecule has 0 atom stereocenters. The highest BCUT2D eigenvalue weighted by Crippen LogP contribution is 2.10. The molecule has 0 aliphatic carbocycles. The predicted molar refractivity (Wildman–Crippen MR) is 68.0 cm³/mol. The maximum Gasteiger partial charge on any atom is 0.0474 e. The highest BCUT2D eigenvalue weighted by Gasteiger charge is 1.97. The number of hydrogen-bond acceptors (Lipinski definition) is 0. The summed E-state index contributed by atoms with van der Waals surface area (Å²) in [6.07, 6.45) is 2.58. The lowest BCUT2D eigenvalue weighted by atomic mass is 10.1. The second-order valence-corrected chi connectivity index (χ2v) is 7.87. The average Bonchev–Trinajstić information content (AvgIpc) is 2.18. The molecule has 0 fully saturated rings. The number of halogens is 1. The maximum absolute atomic E-state index is 5.73. The van der Waals surface area contributed by atoms with E-state index < -0.39 is 0 Å². The van der Waals surface area contributed by atoms with Gasteiger partial charge in [-0.25, -0.2) is 0 Å². The van der Waals surface area contributed by atoms with Crippen LogP contribution in [0.3, 0.4) is 0 Å². The first-order valence-corrected chi connectivity index (χ1v) is 9.02. The van der Waals surface area contributed by atoms with Crippen LogP contribution < -0.4 is 0 Å². The van der Waals surface area contributed by atoms with Crippen molar-refractivity contribution in [3.05, 3.63) is 35.4 Å². The Hall–Kier alpha value is -0.273. The molecule has 0 aromatic heterocycles. The molecular weight excluding hydrogens is 208 g/mol. The zero-order valence-corrected chi connectivity index (χ0v) is 11.0. The van der Waals surface area contributed by atoms with Crippen LogP contribution in [0, 0.1) is 0 Å². The first-order chi connectivity index (χ1) is 6.72. The summed E-state index contributed by atoms with van der Waals surface area (Å²) < 4.78 is 0. The largest absolute Gasteiger partial charge is 0.122 e. The van der Waals surface area contributed by atoms with Crippen LogP contribution in [0.25, 0.3) is 0 Å². The van der Waals surface area contributed by atoms with E-state index in [4.69, 9.17) is 11.6 Å². The van der Waals surface area contributed by atoms with E-state index in [9.17, 15) is 0 Å². The molecule has 0 heterocycles. The zero-order valence-electron chi connectivity index (χ0n) is 9.09. The molecule has 0 aliphatic heterocycles. The maximum atomic E-state index is 5.73. The van der Waals surface area contributed by atoms with Gasteiger partial charge in [-0.3, -0.25) is 0 Å². The van der Waals surface area contributed by atoms with Crippen molar-refractivity contribution in [3.63, 3.8) is 0 Å². The molecule has 0 aliphatic rings. The zero-order chi connectivity index (χ0) is 10.4. The van der Waals surface area contributed by atoms with Crippen molar-refractivity contribution in [2.45, 2.75) is 37.9 Å². The van der Waals surface area contributed by atoms with E-state index in [1.807, 2.05) is 0 Å². The molecule has 2 heteroatoms. The molecule has 1 rings (SSSR count). The molecule has 0 N–H and O–H groups in total. The Morgan fingerprint density at radius 3 is 2.14 bits per heavy atom. The lowest BCUT2D eigenvalue weighted by molar-refractivity contribution is 0.909. The van der Waals surface area contributed by atoms with Crippen LogP contribution in [0.15, 0.2) is 24.3 Å². The molecule has 0 radical (unpaired) electrons. The van der Waals surface area contributed by atoms with Gasteiger partial charge in [0, 0.05) is 14.7 Å². The van der Waals surface area contributed by atoms with Crippen LogP contribution >= 0.6 is 11.6 Å². The van der Waals surface area contributed by atoms with Crippen LogP contribution in [0.4, 0.5) is 0 Å². The van der Waals surface area contributed by atoms with E-state index in [1.165, 1.54) is 30.0 Å². The quantitative estimate of drug-likeness (QED) is 0.529. The van der Waals surface area contributed by atoms with Crippen LogP contribution in [0.1, 0.15) is 17.5 Å². The summed E-state index contributed by atoms with van der Waals surface area (Å²) in [7, 11) is -0.349. The summed E-state index contributed by atoms with van der Waals surface area (Å²) in [5.74, 6) is 0.624. The summed E-state index contributed by atoms with van der Waals surface area (Å²) in [6.45, 7) is 4.83. The third kappa shape index (κ3) is 4.29. The van der Waals surface area contributed by atoms with E-state index in [0.717, 1.165) is 0 Å². The molecule has 0 unspecified atom stereocenters. The fraction of sp³-hybridized carbons (Fsp3) is 0.500. The second kappa shape index (κ2) is 6.26. The van der Waals surface area contributed by atoms with Gasteiger partial charge in [0.2, 0.25) is 0 Å². The smallest absolute Gasteiger partial charge is 0.0474 e. The number of hydrogen-bond donors (Lipinski definition) is 0. The molecule has 0 saturated carbocycles. The summed E-state index contributed by atoms with van der Waals surface area (Å²) in [5.41, 5.74) is 2.67. The predicted octanol–water partition coefficient (Wildman–Crippen LogP) is 3.84. The van der Waals surface area contributed by atoms with Crippen molar-refractivity contribution >= 4 is 20.4 Å².